The first kappa shape index (κ1) is 32.0. The van der Waals surface area contributed by atoms with E-state index in [2.05, 4.69) is 33.7 Å². The number of anilines is 1. The summed E-state index contributed by atoms with van der Waals surface area (Å²) >= 11 is 0. The number of carbonyl (C=O) groups is 1. The zero-order valence-electron chi connectivity index (χ0n) is 25.7. The van der Waals surface area contributed by atoms with Gasteiger partial charge in [-0.15, -0.1) is 0 Å². The Kier molecular flexibility index (Phi) is 9.47. The molecule has 3 N–H and O–H groups in total. The number of hydrogen-bond donors (Lipinski definition) is 2. The number of fused-ring (bicyclic) bond motifs is 1. The summed E-state index contributed by atoms with van der Waals surface area (Å²) in [5.41, 5.74) is 5.60. The Bertz CT molecular complexity index is 1730. The van der Waals surface area contributed by atoms with E-state index in [1.165, 1.54) is 31.4 Å². The van der Waals surface area contributed by atoms with E-state index in [0.717, 1.165) is 19.4 Å². The number of aryl methyl sites for hydroxylation is 1. The van der Waals surface area contributed by atoms with Crippen molar-refractivity contribution >= 4 is 33.4 Å². The molecule has 2 aliphatic rings. The molecular formula is C32H37F3N6O4. The van der Waals surface area contributed by atoms with Crippen molar-refractivity contribution in [1.82, 2.24) is 19.9 Å². The highest BCUT2D eigenvalue weighted by Gasteiger charge is 2.30. The van der Waals surface area contributed by atoms with Gasteiger partial charge in [-0.1, -0.05) is 26.8 Å². The van der Waals surface area contributed by atoms with Crippen molar-refractivity contribution in [1.29, 1.82) is 0 Å². The van der Waals surface area contributed by atoms with E-state index < -0.39 is 23.7 Å². The Morgan fingerprint density at radius 3 is 2.58 bits per heavy atom. The van der Waals surface area contributed by atoms with Crippen LogP contribution in [0.1, 0.15) is 39.2 Å². The van der Waals surface area contributed by atoms with Crippen LogP contribution < -0.4 is 20.1 Å². The van der Waals surface area contributed by atoms with Crippen LogP contribution in [-0.4, -0.2) is 83.0 Å². The van der Waals surface area contributed by atoms with Crippen molar-refractivity contribution in [3.05, 3.63) is 41.5 Å². The molecule has 2 atom stereocenters. The monoisotopic (exact) mass is 626 g/mol. The molecule has 240 valence electrons. The van der Waals surface area contributed by atoms with Gasteiger partial charge in [0, 0.05) is 18.2 Å². The van der Waals surface area contributed by atoms with Crippen LogP contribution in [0.25, 0.3) is 32.9 Å². The summed E-state index contributed by atoms with van der Waals surface area (Å²) in [7, 11) is 1.33. The quantitative estimate of drug-likeness (QED) is 0.294. The summed E-state index contributed by atoms with van der Waals surface area (Å²) in [6, 6.07) is 6.02. The number of phenols is 1. The van der Waals surface area contributed by atoms with E-state index >= 15 is 4.39 Å². The van der Waals surface area contributed by atoms with Crippen molar-refractivity contribution in [3.8, 4) is 28.9 Å². The molecule has 1 amide bonds. The topological polar surface area (TPSA) is 127 Å². The van der Waals surface area contributed by atoms with Crippen LogP contribution in [-0.2, 0) is 11.2 Å². The largest absolute Gasteiger partial charge is 0.508 e. The van der Waals surface area contributed by atoms with Gasteiger partial charge in [-0.3, -0.25) is 9.69 Å². The van der Waals surface area contributed by atoms with Crippen LogP contribution in [0.5, 0.6) is 17.6 Å². The molecule has 2 aliphatic heterocycles. The van der Waals surface area contributed by atoms with Gasteiger partial charge in [0.2, 0.25) is 11.8 Å². The highest BCUT2D eigenvalue weighted by molar-refractivity contribution is 6.03. The highest BCUT2D eigenvalue weighted by atomic mass is 19.1. The summed E-state index contributed by atoms with van der Waals surface area (Å²) < 4.78 is 54.6. The lowest BCUT2D eigenvalue weighted by atomic mass is 9.94. The number of halogens is 3. The fourth-order valence-corrected chi connectivity index (χ4v) is 6.17. The highest BCUT2D eigenvalue weighted by Crippen LogP contribution is 2.42. The number of pyridine rings is 1. The second-order valence-electron chi connectivity index (χ2n) is 11.0. The lowest BCUT2D eigenvalue weighted by molar-refractivity contribution is -0.116. The predicted molar refractivity (Wildman–Crippen MR) is 166 cm³/mol. The Morgan fingerprint density at radius 1 is 1.16 bits per heavy atom. The molecule has 2 aromatic carbocycles. The Morgan fingerprint density at radius 2 is 1.93 bits per heavy atom. The lowest BCUT2D eigenvalue weighted by Gasteiger charge is -2.21. The predicted octanol–water partition coefficient (Wildman–Crippen LogP) is 4.91. The third-order valence-electron chi connectivity index (χ3n) is 8.26. The molecule has 0 spiro atoms. The van der Waals surface area contributed by atoms with Crippen LogP contribution in [0.2, 0.25) is 0 Å². The van der Waals surface area contributed by atoms with E-state index in [4.69, 9.17) is 15.2 Å². The fraction of sp³-hybridized carbons (Fsp3) is 0.438. The normalized spacial score (nSPS) is 18.0. The summed E-state index contributed by atoms with van der Waals surface area (Å²) in [6.45, 7) is 7.83. The fourth-order valence-electron chi connectivity index (χ4n) is 6.17. The summed E-state index contributed by atoms with van der Waals surface area (Å²) in [4.78, 5) is 28.3. The maximum Gasteiger partial charge on any atom is 0.318 e. The molecule has 6 rings (SSSR count). The van der Waals surface area contributed by atoms with E-state index in [9.17, 15) is 18.7 Å². The summed E-state index contributed by atoms with van der Waals surface area (Å²) in [6.07, 6.45) is 1.62. The van der Waals surface area contributed by atoms with Crippen LogP contribution >= 0.6 is 0 Å². The number of likely N-dealkylation sites (tertiary alicyclic amines) is 1. The average molecular weight is 627 g/mol. The van der Waals surface area contributed by atoms with Gasteiger partial charge in [-0.05, 0) is 60.3 Å². The van der Waals surface area contributed by atoms with Crippen molar-refractivity contribution in [2.24, 2.45) is 5.73 Å². The SMILES string of the molecule is CCC1CC(F)CN1CC.CCc1c(F)ccc2cc(O)cc(-c3nc4c5c(nc(OC)nc5c3F)N(CC(N)=O)CCO4)c12. The number of benzene rings is 2. The first-order valence-electron chi connectivity index (χ1n) is 15.0. The van der Waals surface area contributed by atoms with Crippen LogP contribution in [0.15, 0.2) is 24.3 Å². The zero-order valence-corrected chi connectivity index (χ0v) is 25.7. The van der Waals surface area contributed by atoms with Crippen molar-refractivity contribution in [2.45, 2.75) is 52.2 Å². The average Bonchev–Trinajstić information content (AvgIpc) is 3.31. The number of aromatic nitrogens is 3. The van der Waals surface area contributed by atoms with E-state index in [-0.39, 0.29) is 65.3 Å². The van der Waals surface area contributed by atoms with Gasteiger partial charge >= 0.3 is 6.01 Å². The third-order valence-corrected chi connectivity index (χ3v) is 8.26. The maximum absolute atomic E-state index is 16.2. The number of methoxy groups -OCH3 is 1. The molecule has 1 fully saturated rings. The smallest absolute Gasteiger partial charge is 0.318 e. The molecule has 13 heteroatoms. The molecule has 0 radical (unpaired) electrons. The molecule has 4 aromatic rings. The van der Waals surface area contributed by atoms with Gasteiger partial charge in [0.1, 0.15) is 46.8 Å². The van der Waals surface area contributed by atoms with Gasteiger partial charge in [-0.25, -0.2) is 18.2 Å². The van der Waals surface area contributed by atoms with Gasteiger partial charge in [0.15, 0.2) is 5.82 Å². The number of nitrogens with two attached hydrogens (primary N) is 1. The number of ether oxygens (including phenoxy) is 2. The number of hydrogen-bond acceptors (Lipinski definition) is 9. The molecule has 0 saturated carbocycles. The Balaban J connectivity index is 0.000000342. The van der Waals surface area contributed by atoms with E-state index in [1.807, 2.05) is 0 Å². The van der Waals surface area contributed by atoms with Crippen LogP contribution in [0.4, 0.5) is 19.0 Å². The van der Waals surface area contributed by atoms with Gasteiger partial charge < -0.3 is 25.2 Å². The first-order chi connectivity index (χ1) is 21.6. The molecular weight excluding hydrogens is 589 g/mol. The van der Waals surface area contributed by atoms with Crippen molar-refractivity contribution in [2.75, 3.05) is 44.8 Å². The summed E-state index contributed by atoms with van der Waals surface area (Å²) in [5.74, 6) is -1.80. The van der Waals surface area contributed by atoms with Gasteiger partial charge in [0.25, 0.3) is 0 Å². The molecule has 10 nitrogen and oxygen atoms in total. The Hall–Kier alpha value is -4.39. The second kappa shape index (κ2) is 13.3. The van der Waals surface area contributed by atoms with E-state index in [0.29, 0.717) is 35.3 Å². The first-order valence-corrected chi connectivity index (χ1v) is 15.0. The van der Waals surface area contributed by atoms with E-state index in [1.54, 1.807) is 11.8 Å². The minimum atomic E-state index is -0.839. The number of aromatic hydroxyl groups is 1. The molecule has 2 unspecified atom stereocenters. The number of nitrogens with zero attached hydrogens (tertiary/aromatic N) is 5. The van der Waals surface area contributed by atoms with Crippen molar-refractivity contribution < 1.29 is 32.5 Å². The summed E-state index contributed by atoms with van der Waals surface area (Å²) in [5, 5.41) is 11.5. The Labute approximate surface area is 259 Å². The van der Waals surface area contributed by atoms with Gasteiger partial charge in [-0.2, -0.15) is 9.97 Å². The third kappa shape index (κ3) is 6.26. The number of amides is 1. The number of rotatable bonds is 7. The van der Waals surface area contributed by atoms with Gasteiger partial charge in [0.05, 0.1) is 20.2 Å². The van der Waals surface area contributed by atoms with Crippen LogP contribution in [0, 0.1) is 11.6 Å². The number of carbonyl (C=O) groups excluding carboxylic acids is 1. The molecule has 2 aromatic heterocycles. The van der Waals surface area contributed by atoms with Crippen molar-refractivity contribution in [3.63, 3.8) is 0 Å². The lowest BCUT2D eigenvalue weighted by Crippen LogP contribution is -2.36. The standard InChI is InChI=1S/C24H21F2N5O4.C8H16FN/c1-3-13-15(25)5-4-11-8-12(32)9-14(17(11)13)20-19(26)21-18-22(30-24(29-21)34-2)31(10-16(27)33)6-7-35-23(18)28-20;1-3-8-5-7(9)6-10(8)4-2/h4-5,8-9,32H,3,6-7,10H2,1-2H3,(H2,27,33);7-8H,3-6H2,1-2H3. The maximum atomic E-state index is 16.2. The van der Waals surface area contributed by atoms with Crippen LogP contribution in [0.3, 0.4) is 0 Å². The second-order valence-corrected chi connectivity index (χ2v) is 11.0. The molecule has 0 aliphatic carbocycles. The minimum absolute atomic E-state index is 0.0342. The number of phenolic OH excluding ortho intramolecular Hbond substituents is 1. The molecule has 1 saturated heterocycles. The zero-order chi connectivity index (χ0) is 32.4. The number of primary amides is 1. The molecule has 45 heavy (non-hydrogen) atoms. The molecule has 4 heterocycles. The molecule has 0 bridgehead atoms. The minimum Gasteiger partial charge on any atom is -0.508 e. The number of alkyl halides is 1.